The molecule has 0 radical (unpaired) electrons. The fraction of sp³-hybridized carbons (Fsp3) is 0.625. The van der Waals surface area contributed by atoms with Gasteiger partial charge in [0.05, 0.1) is 30.9 Å². The molecule has 1 saturated heterocycles. The maximum absolute atomic E-state index is 9.58. The third-order valence-corrected chi connectivity index (χ3v) is 2.83. The number of halogens is 1. The minimum atomic E-state index is -0.420. The van der Waals surface area contributed by atoms with E-state index < -0.39 is 6.10 Å². The van der Waals surface area contributed by atoms with Crippen LogP contribution in [0.2, 0.25) is 0 Å². The number of aliphatic hydroxyl groups is 1. The Bertz CT molecular complexity index is 313. The van der Waals surface area contributed by atoms with Crippen molar-refractivity contribution in [3.05, 3.63) is 16.1 Å². The summed E-state index contributed by atoms with van der Waals surface area (Å²) in [6.45, 7) is 2.85. The second-order valence-corrected chi connectivity index (χ2v) is 3.99. The fourth-order valence-corrected chi connectivity index (χ4v) is 2.21. The van der Waals surface area contributed by atoms with Crippen molar-refractivity contribution in [3.63, 3.8) is 0 Å². The molecule has 5 heteroatoms. The molecular formula is C8H11BrN2O2. The maximum atomic E-state index is 9.58. The predicted molar refractivity (Wildman–Crippen MR) is 50.6 cm³/mol. The molecule has 0 spiro atoms. The van der Waals surface area contributed by atoms with Gasteiger partial charge in [-0.15, -0.1) is 0 Å². The highest BCUT2D eigenvalue weighted by Gasteiger charge is 2.30. The molecule has 2 N–H and O–H groups in total. The first-order valence-electron chi connectivity index (χ1n) is 4.16. The van der Waals surface area contributed by atoms with Crippen molar-refractivity contribution in [1.82, 2.24) is 9.97 Å². The summed E-state index contributed by atoms with van der Waals surface area (Å²) in [4.78, 5) is 7.30. The number of hydrogen-bond donors (Lipinski definition) is 2. The van der Waals surface area contributed by atoms with Gasteiger partial charge in [0, 0.05) is 0 Å². The van der Waals surface area contributed by atoms with E-state index in [1.165, 1.54) is 0 Å². The standard InChI is InChI=1S/C8H11BrN2O2/c1-4-10-7(8(9)11-4)5-2-13-3-6(5)12/h5-6,12H,2-3H2,1H3,(H,10,11). The molecule has 1 aliphatic heterocycles. The average Bonchev–Trinajstić information content (AvgIpc) is 2.58. The monoisotopic (exact) mass is 246 g/mol. The molecule has 2 atom stereocenters. The van der Waals surface area contributed by atoms with Crippen molar-refractivity contribution in [2.24, 2.45) is 0 Å². The number of hydrogen-bond acceptors (Lipinski definition) is 3. The first kappa shape index (κ1) is 9.18. The Kier molecular flexibility index (Phi) is 2.40. The molecule has 0 amide bonds. The smallest absolute Gasteiger partial charge is 0.127 e. The summed E-state index contributed by atoms with van der Waals surface area (Å²) in [7, 11) is 0. The molecule has 4 nitrogen and oxygen atoms in total. The van der Waals surface area contributed by atoms with E-state index >= 15 is 0 Å². The van der Waals surface area contributed by atoms with E-state index in [4.69, 9.17) is 4.74 Å². The zero-order chi connectivity index (χ0) is 9.42. The SMILES string of the molecule is Cc1nc(Br)c(C2COCC2O)[nH]1. The molecule has 2 rings (SSSR count). The number of aliphatic hydroxyl groups excluding tert-OH is 1. The number of nitrogens with one attached hydrogen (secondary N) is 1. The van der Waals surface area contributed by atoms with E-state index in [0.717, 1.165) is 16.1 Å². The van der Waals surface area contributed by atoms with Crippen molar-refractivity contribution in [1.29, 1.82) is 0 Å². The van der Waals surface area contributed by atoms with Crippen LogP contribution in [-0.4, -0.2) is 34.4 Å². The number of imidazole rings is 1. The lowest BCUT2D eigenvalue weighted by Crippen LogP contribution is -2.16. The van der Waals surface area contributed by atoms with Gasteiger partial charge in [-0.05, 0) is 22.9 Å². The normalized spacial score (nSPS) is 28.2. The molecule has 2 unspecified atom stereocenters. The zero-order valence-corrected chi connectivity index (χ0v) is 8.84. The first-order chi connectivity index (χ1) is 6.18. The summed E-state index contributed by atoms with van der Waals surface area (Å²) < 4.78 is 5.95. The number of rotatable bonds is 1. The van der Waals surface area contributed by atoms with Gasteiger partial charge in [-0.3, -0.25) is 0 Å². The second-order valence-electron chi connectivity index (χ2n) is 3.24. The van der Waals surface area contributed by atoms with Gasteiger partial charge in [0.1, 0.15) is 10.4 Å². The van der Waals surface area contributed by atoms with Gasteiger partial charge in [-0.25, -0.2) is 4.98 Å². The van der Waals surface area contributed by atoms with Gasteiger partial charge in [0.15, 0.2) is 0 Å². The largest absolute Gasteiger partial charge is 0.390 e. The Morgan fingerprint density at radius 3 is 2.85 bits per heavy atom. The van der Waals surface area contributed by atoms with Gasteiger partial charge in [0.25, 0.3) is 0 Å². The molecular weight excluding hydrogens is 236 g/mol. The first-order valence-corrected chi connectivity index (χ1v) is 4.95. The van der Waals surface area contributed by atoms with E-state index in [9.17, 15) is 5.11 Å². The van der Waals surface area contributed by atoms with Crippen molar-refractivity contribution < 1.29 is 9.84 Å². The molecule has 0 saturated carbocycles. The molecule has 2 heterocycles. The van der Waals surface area contributed by atoms with Crippen molar-refractivity contribution in [3.8, 4) is 0 Å². The van der Waals surface area contributed by atoms with E-state index in [0.29, 0.717) is 13.2 Å². The molecule has 72 valence electrons. The number of nitrogens with zero attached hydrogens (tertiary/aromatic N) is 1. The van der Waals surface area contributed by atoms with Crippen LogP contribution >= 0.6 is 15.9 Å². The predicted octanol–water partition coefficient (Wildman–Crippen LogP) is 0.955. The molecule has 1 aromatic rings. The van der Waals surface area contributed by atoms with Gasteiger partial charge in [-0.2, -0.15) is 0 Å². The average molecular weight is 247 g/mol. The van der Waals surface area contributed by atoms with Crippen LogP contribution in [0.1, 0.15) is 17.4 Å². The van der Waals surface area contributed by atoms with Crippen LogP contribution in [0.5, 0.6) is 0 Å². The van der Waals surface area contributed by atoms with Crippen molar-refractivity contribution >= 4 is 15.9 Å². The number of aryl methyl sites for hydroxylation is 1. The number of aromatic amines is 1. The Morgan fingerprint density at radius 1 is 1.62 bits per heavy atom. The summed E-state index contributed by atoms with van der Waals surface area (Å²) in [5, 5.41) is 9.58. The highest BCUT2D eigenvalue weighted by Crippen LogP contribution is 2.29. The number of ether oxygens (including phenoxy) is 1. The molecule has 1 aliphatic rings. The van der Waals surface area contributed by atoms with Crippen LogP contribution in [0, 0.1) is 6.92 Å². The minimum Gasteiger partial charge on any atom is -0.390 e. The van der Waals surface area contributed by atoms with Gasteiger partial charge in [-0.1, -0.05) is 0 Å². The minimum absolute atomic E-state index is 0.0237. The van der Waals surface area contributed by atoms with E-state index in [1.54, 1.807) is 0 Å². The lowest BCUT2D eigenvalue weighted by Gasteiger charge is -2.09. The third kappa shape index (κ3) is 1.63. The van der Waals surface area contributed by atoms with Crippen LogP contribution in [0.3, 0.4) is 0 Å². The van der Waals surface area contributed by atoms with Crippen LogP contribution in [0.4, 0.5) is 0 Å². The highest BCUT2D eigenvalue weighted by molar-refractivity contribution is 9.10. The molecule has 0 bridgehead atoms. The molecule has 13 heavy (non-hydrogen) atoms. The Labute approximate surface area is 84.5 Å². The van der Waals surface area contributed by atoms with E-state index in [2.05, 4.69) is 25.9 Å². The Balaban J connectivity index is 2.28. The number of H-pyrrole nitrogens is 1. The van der Waals surface area contributed by atoms with Crippen molar-refractivity contribution in [2.45, 2.75) is 18.9 Å². The Morgan fingerprint density at radius 2 is 2.38 bits per heavy atom. The molecule has 0 aromatic carbocycles. The number of aromatic nitrogens is 2. The fourth-order valence-electron chi connectivity index (χ4n) is 1.55. The zero-order valence-electron chi connectivity index (χ0n) is 7.25. The Hall–Kier alpha value is -0.390. The second kappa shape index (κ2) is 3.40. The molecule has 1 fully saturated rings. The van der Waals surface area contributed by atoms with Crippen molar-refractivity contribution in [2.75, 3.05) is 13.2 Å². The quantitative estimate of drug-likeness (QED) is 0.776. The lowest BCUT2D eigenvalue weighted by molar-refractivity contribution is 0.124. The lowest BCUT2D eigenvalue weighted by atomic mass is 10.0. The van der Waals surface area contributed by atoms with Crippen LogP contribution in [0.15, 0.2) is 4.60 Å². The summed E-state index contributed by atoms with van der Waals surface area (Å²) in [6.07, 6.45) is -0.420. The summed E-state index contributed by atoms with van der Waals surface area (Å²) in [6, 6.07) is 0. The summed E-state index contributed by atoms with van der Waals surface area (Å²) in [5.41, 5.74) is 0.933. The maximum Gasteiger partial charge on any atom is 0.127 e. The summed E-state index contributed by atoms with van der Waals surface area (Å²) >= 11 is 3.35. The van der Waals surface area contributed by atoms with E-state index in [-0.39, 0.29) is 5.92 Å². The van der Waals surface area contributed by atoms with Crippen LogP contribution in [-0.2, 0) is 4.74 Å². The van der Waals surface area contributed by atoms with Crippen LogP contribution in [0.25, 0.3) is 0 Å². The van der Waals surface area contributed by atoms with Gasteiger partial charge < -0.3 is 14.8 Å². The van der Waals surface area contributed by atoms with E-state index in [1.807, 2.05) is 6.92 Å². The van der Waals surface area contributed by atoms with Gasteiger partial charge >= 0.3 is 0 Å². The van der Waals surface area contributed by atoms with Crippen LogP contribution < -0.4 is 0 Å². The highest BCUT2D eigenvalue weighted by atomic mass is 79.9. The third-order valence-electron chi connectivity index (χ3n) is 2.22. The van der Waals surface area contributed by atoms with Gasteiger partial charge in [0.2, 0.25) is 0 Å². The topological polar surface area (TPSA) is 58.1 Å². The molecule has 0 aliphatic carbocycles. The molecule has 1 aromatic heterocycles. The summed E-state index contributed by atoms with van der Waals surface area (Å²) in [5.74, 6) is 0.872.